The highest BCUT2D eigenvalue weighted by Gasteiger charge is 2.38. The molecule has 3 aromatic rings. The van der Waals surface area contributed by atoms with E-state index in [9.17, 15) is 9.90 Å². The predicted molar refractivity (Wildman–Crippen MR) is 165 cm³/mol. The fourth-order valence-corrected chi connectivity index (χ4v) is 7.89. The van der Waals surface area contributed by atoms with Crippen LogP contribution in [0.25, 0.3) is 22.0 Å². The predicted octanol–water partition coefficient (Wildman–Crippen LogP) is 4.96. The molecule has 0 spiro atoms. The summed E-state index contributed by atoms with van der Waals surface area (Å²) in [6.45, 7) is 5.63. The SMILES string of the molecule is CN1CCCC(C)(COc2nc(N3C[C@H]4CC[C@@H](C3)N4)c3cc(F)c(-c4c(C(N)=O)c(O)cc(Cl)c4C4CC4)c(F)c3n2)C1. The van der Waals surface area contributed by atoms with Gasteiger partial charge >= 0.3 is 6.01 Å². The second kappa shape index (κ2) is 11.0. The third kappa shape index (κ3) is 5.22. The van der Waals surface area contributed by atoms with Gasteiger partial charge < -0.3 is 30.7 Å². The molecule has 3 aliphatic heterocycles. The molecule has 1 unspecified atom stereocenters. The maximum Gasteiger partial charge on any atom is 0.319 e. The Morgan fingerprint density at radius 2 is 1.91 bits per heavy atom. The zero-order valence-electron chi connectivity index (χ0n) is 24.9. The lowest BCUT2D eigenvalue weighted by molar-refractivity contribution is 0.0660. The van der Waals surface area contributed by atoms with Crippen molar-refractivity contribution < 1.29 is 23.4 Å². The number of rotatable bonds is 7. The van der Waals surface area contributed by atoms with Crippen LogP contribution in [0.1, 0.15) is 67.3 Å². The number of carbonyl (C=O) groups excluding carboxylic acids is 1. The average Bonchev–Trinajstić information content (AvgIpc) is 3.74. The molecule has 44 heavy (non-hydrogen) atoms. The fraction of sp³-hybridized carbons (Fsp3) is 0.531. The zero-order valence-corrected chi connectivity index (χ0v) is 25.7. The van der Waals surface area contributed by atoms with E-state index in [2.05, 4.69) is 34.1 Å². The highest BCUT2D eigenvalue weighted by atomic mass is 35.5. The van der Waals surface area contributed by atoms with Crippen molar-refractivity contribution in [1.82, 2.24) is 20.2 Å². The average molecular weight is 627 g/mol. The van der Waals surface area contributed by atoms with Crippen LogP contribution < -0.4 is 20.7 Å². The number of amides is 1. The molecule has 9 nitrogen and oxygen atoms in total. The Hall–Kier alpha value is -3.28. The number of phenols is 1. The van der Waals surface area contributed by atoms with Gasteiger partial charge in [-0.25, -0.2) is 8.78 Å². The topological polar surface area (TPSA) is 117 Å². The van der Waals surface area contributed by atoms with Crippen molar-refractivity contribution in [1.29, 1.82) is 0 Å². The number of nitrogens with zero attached hydrogens (tertiary/aromatic N) is 4. The van der Waals surface area contributed by atoms with Crippen LogP contribution in [0.4, 0.5) is 14.6 Å². The maximum atomic E-state index is 16.9. The molecule has 12 heteroatoms. The van der Waals surface area contributed by atoms with E-state index in [1.54, 1.807) is 0 Å². The summed E-state index contributed by atoms with van der Waals surface area (Å²) >= 11 is 6.52. The number of anilines is 1. The molecule has 1 aliphatic carbocycles. The standard InChI is InChI=1S/C32H37ClF2N6O3/c1-32(8-3-9-40(2)14-32)15-44-31-38-28-19(30(39-31)41-12-17-6-7-18(13-41)37-17)10-21(34)24(27(28)35)26-23(16-4-5-16)20(33)11-22(42)25(26)29(36)43/h10-11,16-18,37,42H,3-9,12-15H2,1-2H3,(H2,36,43)/t17-,18+,32?. The highest BCUT2D eigenvalue weighted by Crippen LogP contribution is 2.52. The number of halogens is 3. The van der Waals surface area contributed by atoms with Crippen LogP contribution in [-0.2, 0) is 0 Å². The second-order valence-electron chi connectivity index (χ2n) is 13.4. The number of aromatic hydroxyl groups is 1. The van der Waals surface area contributed by atoms with Gasteiger partial charge in [-0.3, -0.25) is 4.79 Å². The van der Waals surface area contributed by atoms with Crippen molar-refractivity contribution in [3.8, 4) is 22.9 Å². The number of carbonyl (C=O) groups is 1. The molecule has 0 radical (unpaired) electrons. The van der Waals surface area contributed by atoms with Gasteiger partial charge in [0, 0.05) is 53.1 Å². The van der Waals surface area contributed by atoms with Crippen molar-refractivity contribution in [2.45, 2.75) is 63.5 Å². The number of likely N-dealkylation sites (tertiary alicyclic amines) is 1. The van der Waals surface area contributed by atoms with Gasteiger partial charge in [0.1, 0.15) is 22.9 Å². The normalized spacial score (nSPS) is 25.5. The third-order valence-electron chi connectivity index (χ3n) is 9.66. The highest BCUT2D eigenvalue weighted by molar-refractivity contribution is 6.32. The number of piperidine rings is 1. The Kier molecular flexibility index (Phi) is 7.33. The number of fused-ring (bicyclic) bond motifs is 3. The summed E-state index contributed by atoms with van der Waals surface area (Å²) in [6, 6.07) is 2.94. The summed E-state index contributed by atoms with van der Waals surface area (Å²) in [7, 11) is 2.08. The molecule has 2 bridgehead atoms. The molecular formula is C32H37ClF2N6O3. The minimum Gasteiger partial charge on any atom is -0.507 e. The van der Waals surface area contributed by atoms with Crippen LogP contribution in [0, 0.1) is 17.0 Å². The van der Waals surface area contributed by atoms with E-state index in [0.717, 1.165) is 51.6 Å². The van der Waals surface area contributed by atoms with E-state index < -0.39 is 28.9 Å². The van der Waals surface area contributed by atoms with Crippen LogP contribution in [-0.4, -0.2) is 77.8 Å². The molecule has 7 rings (SSSR count). The Morgan fingerprint density at radius 1 is 1.18 bits per heavy atom. The fourth-order valence-electron chi connectivity index (χ4n) is 7.54. The lowest BCUT2D eigenvalue weighted by atomic mass is 9.83. The molecule has 4 N–H and O–H groups in total. The van der Waals surface area contributed by atoms with E-state index in [4.69, 9.17) is 27.1 Å². The van der Waals surface area contributed by atoms with E-state index in [1.165, 1.54) is 12.1 Å². The van der Waals surface area contributed by atoms with E-state index in [-0.39, 0.29) is 56.5 Å². The number of nitrogens with two attached hydrogens (primary N) is 1. The van der Waals surface area contributed by atoms with Crippen LogP contribution in [0.5, 0.6) is 11.8 Å². The van der Waals surface area contributed by atoms with Crippen molar-refractivity contribution in [3.63, 3.8) is 0 Å². The molecule has 4 heterocycles. The molecule has 4 fully saturated rings. The number of aromatic nitrogens is 2. The maximum absolute atomic E-state index is 16.9. The van der Waals surface area contributed by atoms with E-state index in [1.807, 2.05) is 0 Å². The number of piperazine rings is 1. The van der Waals surface area contributed by atoms with Gasteiger partial charge in [0.05, 0.1) is 17.7 Å². The van der Waals surface area contributed by atoms with Gasteiger partial charge in [-0.05, 0) is 75.7 Å². The molecule has 3 atom stereocenters. The first kappa shape index (κ1) is 29.4. The van der Waals surface area contributed by atoms with Gasteiger partial charge in [-0.1, -0.05) is 18.5 Å². The smallest absolute Gasteiger partial charge is 0.319 e. The van der Waals surface area contributed by atoms with Crippen molar-refractivity contribution in [2.75, 3.05) is 44.7 Å². The lowest BCUT2D eigenvalue weighted by Crippen LogP contribution is -2.51. The Balaban J connectivity index is 1.41. The molecule has 1 amide bonds. The Bertz CT molecular complexity index is 1660. The Labute approximate surface area is 259 Å². The van der Waals surface area contributed by atoms with Crippen molar-refractivity contribution >= 4 is 34.2 Å². The largest absolute Gasteiger partial charge is 0.507 e. The lowest BCUT2D eigenvalue weighted by Gasteiger charge is -2.38. The van der Waals surface area contributed by atoms with Crippen LogP contribution in [0.2, 0.25) is 5.02 Å². The molecule has 2 aromatic carbocycles. The van der Waals surface area contributed by atoms with Crippen molar-refractivity contribution in [3.05, 3.63) is 39.9 Å². The minimum absolute atomic E-state index is 0.00997. The van der Waals surface area contributed by atoms with Crippen molar-refractivity contribution in [2.24, 2.45) is 11.1 Å². The van der Waals surface area contributed by atoms with Gasteiger partial charge in [0.2, 0.25) is 0 Å². The first-order chi connectivity index (χ1) is 21.0. The van der Waals surface area contributed by atoms with Crippen LogP contribution in [0.15, 0.2) is 12.1 Å². The number of nitrogens with one attached hydrogen (secondary N) is 1. The van der Waals surface area contributed by atoms with E-state index >= 15 is 8.78 Å². The summed E-state index contributed by atoms with van der Waals surface area (Å²) in [5, 5.41) is 14.6. The summed E-state index contributed by atoms with van der Waals surface area (Å²) in [6.07, 6.45) is 5.51. The summed E-state index contributed by atoms with van der Waals surface area (Å²) < 4.78 is 39.4. The Morgan fingerprint density at radius 3 is 2.57 bits per heavy atom. The summed E-state index contributed by atoms with van der Waals surface area (Å²) in [5.41, 5.74) is 4.81. The number of hydrogen-bond donors (Lipinski definition) is 3. The molecule has 4 aliphatic rings. The van der Waals surface area contributed by atoms with Gasteiger partial charge in [-0.2, -0.15) is 9.97 Å². The van der Waals surface area contributed by atoms with Gasteiger partial charge in [0.15, 0.2) is 5.82 Å². The number of ether oxygens (including phenoxy) is 1. The summed E-state index contributed by atoms with van der Waals surface area (Å²) in [4.78, 5) is 26.2. The van der Waals surface area contributed by atoms with Gasteiger partial charge in [0.25, 0.3) is 5.91 Å². The third-order valence-corrected chi connectivity index (χ3v) is 9.97. The van der Waals surface area contributed by atoms with E-state index in [0.29, 0.717) is 31.1 Å². The molecule has 1 aromatic heterocycles. The zero-order chi connectivity index (χ0) is 30.9. The summed E-state index contributed by atoms with van der Waals surface area (Å²) in [5.74, 6) is -3.15. The first-order valence-electron chi connectivity index (χ1n) is 15.4. The van der Waals surface area contributed by atoms with Crippen LogP contribution >= 0.6 is 11.6 Å². The number of benzene rings is 2. The van der Waals surface area contributed by atoms with Gasteiger partial charge in [-0.15, -0.1) is 0 Å². The second-order valence-corrected chi connectivity index (χ2v) is 13.8. The molecular weight excluding hydrogens is 590 g/mol. The number of primary amides is 1. The first-order valence-corrected chi connectivity index (χ1v) is 15.8. The molecule has 234 valence electrons. The number of hydrogen-bond acceptors (Lipinski definition) is 8. The molecule has 1 saturated carbocycles. The van der Waals surface area contributed by atoms with Crippen LogP contribution in [0.3, 0.4) is 0 Å². The quantitative estimate of drug-likeness (QED) is 0.337. The minimum atomic E-state index is -1.01. The monoisotopic (exact) mass is 626 g/mol. The molecule has 3 saturated heterocycles.